The van der Waals surface area contributed by atoms with Crippen molar-refractivity contribution in [3.05, 3.63) is 90.3 Å². The van der Waals surface area contributed by atoms with Crippen LogP contribution in [0.4, 0.5) is 17.3 Å². The zero-order valence-electron chi connectivity index (χ0n) is 33.6. The Morgan fingerprint density at radius 2 is 1.58 bits per heavy atom. The van der Waals surface area contributed by atoms with Gasteiger partial charge in [0.1, 0.15) is 18.1 Å². The number of piperazine rings is 1. The summed E-state index contributed by atoms with van der Waals surface area (Å²) in [4.78, 5) is 73.3. The third-order valence-electron chi connectivity index (χ3n) is 11.6. The molecule has 2 fully saturated rings. The molecule has 6 heterocycles. The zero-order chi connectivity index (χ0) is 41.4. The molecule has 5 aromatic rings. The van der Waals surface area contributed by atoms with Crippen molar-refractivity contribution in [3.63, 3.8) is 0 Å². The summed E-state index contributed by atoms with van der Waals surface area (Å²) in [5.41, 5.74) is 4.88. The molecule has 16 heteroatoms. The minimum Gasteiger partial charge on any atom is -0.467 e. The van der Waals surface area contributed by atoms with Gasteiger partial charge in [0.15, 0.2) is 5.65 Å². The van der Waals surface area contributed by atoms with E-state index in [0.29, 0.717) is 49.9 Å². The van der Waals surface area contributed by atoms with Crippen molar-refractivity contribution in [2.45, 2.75) is 83.2 Å². The summed E-state index contributed by atoms with van der Waals surface area (Å²) in [5, 5.41) is 17.3. The Morgan fingerprint density at radius 3 is 2.33 bits per heavy atom. The minimum absolute atomic E-state index is 0.0889. The molecule has 3 aliphatic heterocycles. The topological polar surface area (TPSA) is 187 Å². The monoisotopic (exact) mass is 814 g/mol. The molecule has 0 bridgehead atoms. The number of carbonyl (C=O) groups excluding carboxylic acids is 5. The Bertz CT molecular complexity index is 2330. The van der Waals surface area contributed by atoms with Gasteiger partial charge in [0, 0.05) is 68.7 Å². The predicted molar refractivity (Wildman–Crippen MR) is 224 cm³/mol. The molecule has 0 aliphatic carbocycles. The average Bonchev–Trinajstić information content (AvgIpc) is 4.03. The highest BCUT2D eigenvalue weighted by Crippen LogP contribution is 2.33. The molecular weight excluding hydrogens is 765 g/mol. The molecule has 1 unspecified atom stereocenters. The number of nitrogens with one attached hydrogen (secondary N) is 3. The first-order valence-electron chi connectivity index (χ1n) is 21.0. The highest BCUT2D eigenvalue weighted by atomic mass is 16.3. The summed E-state index contributed by atoms with van der Waals surface area (Å²) < 4.78 is 7.26. The fraction of sp³-hybridized carbons (Fsp3) is 0.409. The SMILES string of the molecule is O=C1CCC(N2C(=O)c3cccc(NCCCCCCCCCCC(=O)N4CCN(c5ccc(-c6cnc(NCc7ccco7)n7cnnc67)cc5)CC4)c3C2=O)C(=O)N1. The highest BCUT2D eigenvalue weighted by molar-refractivity contribution is 6.25. The molecule has 3 N–H and O–H groups in total. The van der Waals surface area contributed by atoms with Gasteiger partial charge in [0.05, 0.1) is 23.9 Å². The number of carbonyl (C=O) groups is 5. The first-order valence-corrected chi connectivity index (χ1v) is 21.0. The first kappa shape index (κ1) is 40.2. The standard InChI is InChI=1S/C44H50N10O6/c55-37-20-19-36(41(57)49-37)54-42(58)33-12-9-13-35(39(33)43(54)59)45-21-8-6-4-2-1-3-5-7-14-38(56)52-24-22-51(23-25-52)31-17-15-30(16-18-31)34-28-47-44(53-29-48-50-40(34)53)46-27-32-11-10-26-60-32/h9-13,15-18,26,28-29,36,45H,1-8,14,19-25,27H2,(H,46,47)(H,49,55,57). The lowest BCUT2D eigenvalue weighted by Crippen LogP contribution is -2.54. The van der Waals surface area contributed by atoms with Crippen LogP contribution >= 0.6 is 0 Å². The fourth-order valence-corrected chi connectivity index (χ4v) is 8.30. The quantitative estimate of drug-likeness (QED) is 0.0728. The number of piperidine rings is 1. The minimum atomic E-state index is -0.978. The summed E-state index contributed by atoms with van der Waals surface area (Å²) >= 11 is 0. The molecule has 0 spiro atoms. The fourth-order valence-electron chi connectivity index (χ4n) is 8.30. The number of furan rings is 1. The molecule has 3 aromatic heterocycles. The molecule has 2 aromatic carbocycles. The van der Waals surface area contributed by atoms with Gasteiger partial charge in [0.25, 0.3) is 11.8 Å². The third-order valence-corrected chi connectivity index (χ3v) is 11.6. The van der Waals surface area contributed by atoms with E-state index >= 15 is 0 Å². The van der Waals surface area contributed by atoms with Crippen LogP contribution in [0.2, 0.25) is 0 Å². The maximum atomic E-state index is 13.3. The van der Waals surface area contributed by atoms with E-state index in [0.717, 1.165) is 91.9 Å². The number of fused-ring (bicyclic) bond motifs is 2. The van der Waals surface area contributed by atoms with Gasteiger partial charge in [-0.15, -0.1) is 10.2 Å². The molecular formula is C44H50N10O6. The van der Waals surface area contributed by atoms with Crippen LogP contribution in [-0.2, 0) is 20.9 Å². The van der Waals surface area contributed by atoms with Gasteiger partial charge in [-0.25, -0.2) is 4.98 Å². The largest absolute Gasteiger partial charge is 0.467 e. The van der Waals surface area contributed by atoms with Crippen LogP contribution in [0.25, 0.3) is 16.8 Å². The van der Waals surface area contributed by atoms with E-state index in [9.17, 15) is 24.0 Å². The molecule has 60 heavy (non-hydrogen) atoms. The first-order chi connectivity index (χ1) is 29.4. The van der Waals surface area contributed by atoms with Crippen LogP contribution in [0.3, 0.4) is 0 Å². The van der Waals surface area contributed by atoms with Crippen molar-refractivity contribution >= 4 is 52.5 Å². The molecule has 312 valence electrons. The molecule has 0 saturated carbocycles. The van der Waals surface area contributed by atoms with Gasteiger partial charge >= 0.3 is 0 Å². The zero-order valence-corrected chi connectivity index (χ0v) is 33.6. The molecule has 5 amide bonds. The van der Waals surface area contributed by atoms with Gasteiger partial charge in [-0.2, -0.15) is 0 Å². The maximum Gasteiger partial charge on any atom is 0.264 e. The Morgan fingerprint density at radius 1 is 0.817 bits per heavy atom. The van der Waals surface area contributed by atoms with Crippen molar-refractivity contribution < 1.29 is 28.4 Å². The van der Waals surface area contributed by atoms with Crippen molar-refractivity contribution in [1.82, 2.24) is 34.7 Å². The summed E-state index contributed by atoms with van der Waals surface area (Å²) in [6, 6.07) is 16.3. The molecule has 1 atom stereocenters. The normalized spacial score (nSPS) is 16.7. The van der Waals surface area contributed by atoms with Gasteiger partial charge in [-0.3, -0.25) is 38.6 Å². The van der Waals surface area contributed by atoms with E-state index in [4.69, 9.17) is 4.42 Å². The van der Waals surface area contributed by atoms with Crippen LogP contribution in [0, 0.1) is 0 Å². The smallest absolute Gasteiger partial charge is 0.264 e. The molecule has 3 aliphatic rings. The number of imide groups is 2. The number of anilines is 3. The van der Waals surface area contributed by atoms with E-state index in [-0.39, 0.29) is 29.9 Å². The number of nitrogens with zero attached hydrogens (tertiary/aromatic N) is 7. The van der Waals surface area contributed by atoms with E-state index in [2.05, 4.69) is 60.3 Å². The lowest BCUT2D eigenvalue weighted by atomic mass is 10.0. The average molecular weight is 815 g/mol. The highest BCUT2D eigenvalue weighted by Gasteiger charge is 2.45. The Kier molecular flexibility index (Phi) is 12.4. The number of amides is 5. The van der Waals surface area contributed by atoms with Crippen LogP contribution < -0.4 is 20.9 Å². The Hall–Kier alpha value is -6.58. The summed E-state index contributed by atoms with van der Waals surface area (Å²) in [6.45, 7) is 4.18. The maximum absolute atomic E-state index is 13.3. The molecule has 0 radical (unpaired) electrons. The van der Waals surface area contributed by atoms with Crippen molar-refractivity contribution in [2.24, 2.45) is 0 Å². The summed E-state index contributed by atoms with van der Waals surface area (Å²) in [6.07, 6.45) is 14.3. The number of hydrogen-bond acceptors (Lipinski definition) is 12. The van der Waals surface area contributed by atoms with Crippen molar-refractivity contribution in [3.8, 4) is 11.1 Å². The van der Waals surface area contributed by atoms with Crippen LogP contribution in [0.15, 0.2) is 77.8 Å². The van der Waals surface area contributed by atoms with E-state index < -0.39 is 29.7 Å². The lowest BCUT2D eigenvalue weighted by molar-refractivity contribution is -0.136. The van der Waals surface area contributed by atoms with Crippen molar-refractivity contribution in [1.29, 1.82) is 0 Å². The van der Waals surface area contributed by atoms with Crippen LogP contribution in [0.5, 0.6) is 0 Å². The second-order valence-electron chi connectivity index (χ2n) is 15.5. The molecule has 8 rings (SSSR count). The van der Waals surface area contributed by atoms with Gasteiger partial charge in [-0.1, -0.05) is 56.7 Å². The molecule has 16 nitrogen and oxygen atoms in total. The molecule has 2 saturated heterocycles. The van der Waals surface area contributed by atoms with E-state index in [1.165, 1.54) is 0 Å². The Balaban J connectivity index is 0.687. The second-order valence-corrected chi connectivity index (χ2v) is 15.5. The lowest BCUT2D eigenvalue weighted by Gasteiger charge is -2.36. The van der Waals surface area contributed by atoms with Crippen molar-refractivity contribution in [2.75, 3.05) is 48.3 Å². The van der Waals surface area contributed by atoms with Gasteiger partial charge < -0.3 is 24.9 Å². The summed E-state index contributed by atoms with van der Waals surface area (Å²) in [5.74, 6) is -0.330. The van der Waals surface area contributed by atoms with E-state index in [1.54, 1.807) is 30.8 Å². The number of aromatic nitrogens is 4. The van der Waals surface area contributed by atoms with Crippen LogP contribution in [0.1, 0.15) is 97.1 Å². The number of unbranched alkanes of at least 4 members (excludes halogenated alkanes) is 7. The predicted octanol–water partition coefficient (Wildman–Crippen LogP) is 5.67. The van der Waals surface area contributed by atoms with Gasteiger partial charge in [-0.05, 0) is 61.2 Å². The number of benzene rings is 2. The number of rotatable bonds is 18. The summed E-state index contributed by atoms with van der Waals surface area (Å²) in [7, 11) is 0. The number of hydrogen-bond donors (Lipinski definition) is 3. The van der Waals surface area contributed by atoms with Crippen LogP contribution in [-0.4, -0.2) is 97.7 Å². The van der Waals surface area contributed by atoms with Gasteiger partial charge in [0.2, 0.25) is 23.7 Å². The third kappa shape index (κ3) is 8.87. The van der Waals surface area contributed by atoms with E-state index in [1.807, 2.05) is 27.6 Å². The Labute approximate surface area is 347 Å². The second kappa shape index (κ2) is 18.6.